The smallest absolute Gasteiger partial charge is 0.0811 e. The zero-order valence-corrected chi connectivity index (χ0v) is 13.6. The topological polar surface area (TPSA) is 21.3 Å². The van der Waals surface area contributed by atoms with Crippen LogP contribution in [0, 0.1) is 0 Å². The second kappa shape index (κ2) is 6.46. The second-order valence-electron chi connectivity index (χ2n) is 6.87. The first kappa shape index (κ1) is 15.8. The molecule has 3 heteroatoms. The lowest BCUT2D eigenvalue weighted by Gasteiger charge is -2.33. The first-order chi connectivity index (χ1) is 9.40. The van der Waals surface area contributed by atoms with E-state index in [0.29, 0.717) is 6.61 Å². The number of halogens is 1. The first-order valence-electron chi connectivity index (χ1n) is 7.53. The molecule has 0 bridgehead atoms. The molecule has 112 valence electrons. The van der Waals surface area contributed by atoms with Gasteiger partial charge in [-0.3, -0.25) is 0 Å². The average molecular weight is 296 g/mol. The average Bonchev–Trinajstić information content (AvgIpc) is 2.84. The van der Waals surface area contributed by atoms with Crippen LogP contribution in [-0.4, -0.2) is 17.7 Å². The van der Waals surface area contributed by atoms with Gasteiger partial charge in [-0.05, 0) is 45.2 Å². The van der Waals surface area contributed by atoms with Gasteiger partial charge in [0.1, 0.15) is 0 Å². The molecule has 0 atom stereocenters. The van der Waals surface area contributed by atoms with Crippen molar-refractivity contribution in [2.75, 3.05) is 6.54 Å². The van der Waals surface area contributed by atoms with Crippen molar-refractivity contribution in [3.05, 3.63) is 34.9 Å². The van der Waals surface area contributed by atoms with Crippen LogP contribution in [-0.2, 0) is 11.3 Å². The van der Waals surface area contributed by atoms with Crippen molar-refractivity contribution in [3.8, 4) is 0 Å². The minimum atomic E-state index is -0.0214. The molecule has 1 aliphatic rings. The lowest BCUT2D eigenvalue weighted by atomic mass is 9.99. The highest BCUT2D eigenvalue weighted by molar-refractivity contribution is 6.31. The third-order valence-corrected chi connectivity index (χ3v) is 4.32. The third kappa shape index (κ3) is 4.47. The molecule has 1 aromatic carbocycles. The summed E-state index contributed by atoms with van der Waals surface area (Å²) in [5, 5.41) is 4.39. The first-order valence-corrected chi connectivity index (χ1v) is 7.90. The van der Waals surface area contributed by atoms with Gasteiger partial charge in [-0.15, -0.1) is 0 Å². The summed E-state index contributed by atoms with van der Waals surface area (Å²) < 4.78 is 6.31. The van der Waals surface area contributed by atoms with Gasteiger partial charge in [0.05, 0.1) is 12.2 Å². The Labute approximate surface area is 127 Å². The van der Waals surface area contributed by atoms with Crippen molar-refractivity contribution >= 4 is 11.6 Å². The van der Waals surface area contributed by atoms with Crippen LogP contribution in [0.2, 0.25) is 5.02 Å². The minimum absolute atomic E-state index is 0.0214. The van der Waals surface area contributed by atoms with Crippen LogP contribution in [0.5, 0.6) is 0 Å². The van der Waals surface area contributed by atoms with Gasteiger partial charge in [0, 0.05) is 17.1 Å². The van der Waals surface area contributed by atoms with Gasteiger partial charge < -0.3 is 10.1 Å². The highest BCUT2D eigenvalue weighted by atomic mass is 35.5. The molecular weight excluding hydrogens is 270 g/mol. The molecule has 1 N–H and O–H groups in total. The third-order valence-electron chi connectivity index (χ3n) is 3.95. The van der Waals surface area contributed by atoms with Crippen LogP contribution in [0.4, 0.5) is 0 Å². The van der Waals surface area contributed by atoms with Crippen molar-refractivity contribution in [3.63, 3.8) is 0 Å². The maximum absolute atomic E-state index is 6.31. The molecule has 1 fully saturated rings. The normalized spacial score (nSPS) is 18.4. The Morgan fingerprint density at radius 3 is 2.45 bits per heavy atom. The maximum atomic E-state index is 6.31. The largest absolute Gasteiger partial charge is 0.369 e. The van der Waals surface area contributed by atoms with Gasteiger partial charge in [0.2, 0.25) is 0 Å². The van der Waals surface area contributed by atoms with Gasteiger partial charge in [-0.1, -0.05) is 42.6 Å². The van der Waals surface area contributed by atoms with Gasteiger partial charge in [-0.2, -0.15) is 0 Å². The number of ether oxygens (including phenoxy) is 1. The fraction of sp³-hybridized carbons (Fsp3) is 0.647. The van der Waals surface area contributed by atoms with Crippen molar-refractivity contribution in [1.29, 1.82) is 0 Å². The summed E-state index contributed by atoms with van der Waals surface area (Å²) in [5.74, 6) is 0. The standard InChI is InChI=1S/C17H26ClNO/c1-16(2,3)19-13-17(10-6-7-11-17)20-12-14-8-4-5-9-15(14)18/h4-5,8-9,19H,6-7,10-13H2,1-3H3. The van der Waals surface area contributed by atoms with Gasteiger partial charge >= 0.3 is 0 Å². The summed E-state index contributed by atoms with van der Waals surface area (Å²) in [5.41, 5.74) is 1.19. The van der Waals surface area contributed by atoms with Crippen LogP contribution < -0.4 is 5.32 Å². The monoisotopic (exact) mass is 295 g/mol. The molecule has 2 rings (SSSR count). The Bertz CT molecular complexity index is 433. The molecule has 0 saturated heterocycles. The van der Waals surface area contributed by atoms with Crippen LogP contribution in [0.1, 0.15) is 52.0 Å². The van der Waals surface area contributed by atoms with Gasteiger partial charge in [0.15, 0.2) is 0 Å². The van der Waals surface area contributed by atoms with E-state index >= 15 is 0 Å². The Morgan fingerprint density at radius 1 is 1.20 bits per heavy atom. The SMILES string of the molecule is CC(C)(C)NCC1(OCc2ccccc2Cl)CCCC1. The summed E-state index contributed by atoms with van der Waals surface area (Å²) in [4.78, 5) is 0. The molecule has 1 saturated carbocycles. The van der Waals surface area contributed by atoms with E-state index in [1.165, 1.54) is 12.8 Å². The Hall–Kier alpha value is -0.570. The predicted molar refractivity (Wildman–Crippen MR) is 85.2 cm³/mol. The molecule has 1 aromatic rings. The molecule has 0 amide bonds. The molecule has 20 heavy (non-hydrogen) atoms. The van der Waals surface area contributed by atoms with Crippen molar-refractivity contribution in [1.82, 2.24) is 5.32 Å². The number of hydrogen-bond acceptors (Lipinski definition) is 2. The molecule has 2 nitrogen and oxygen atoms in total. The summed E-state index contributed by atoms with van der Waals surface area (Å²) in [6.45, 7) is 8.11. The zero-order chi connectivity index (χ0) is 14.6. The second-order valence-corrected chi connectivity index (χ2v) is 7.28. The summed E-state index contributed by atoms with van der Waals surface area (Å²) in [7, 11) is 0. The summed E-state index contributed by atoms with van der Waals surface area (Å²) in [6.07, 6.45) is 4.80. The number of nitrogens with one attached hydrogen (secondary N) is 1. The molecule has 0 radical (unpaired) electrons. The van der Waals surface area contributed by atoms with E-state index in [1.54, 1.807) is 0 Å². The summed E-state index contributed by atoms with van der Waals surface area (Å²) >= 11 is 6.21. The zero-order valence-electron chi connectivity index (χ0n) is 12.8. The highest BCUT2D eigenvalue weighted by Crippen LogP contribution is 2.34. The fourth-order valence-electron chi connectivity index (χ4n) is 2.66. The number of rotatable bonds is 5. The minimum Gasteiger partial charge on any atom is -0.369 e. The lowest BCUT2D eigenvalue weighted by molar-refractivity contribution is -0.0534. The van der Waals surface area contributed by atoms with Crippen LogP contribution >= 0.6 is 11.6 Å². The van der Waals surface area contributed by atoms with E-state index in [2.05, 4.69) is 26.1 Å². The Balaban J connectivity index is 1.97. The maximum Gasteiger partial charge on any atom is 0.0811 e. The van der Waals surface area contributed by atoms with E-state index in [4.69, 9.17) is 16.3 Å². The van der Waals surface area contributed by atoms with E-state index in [0.717, 1.165) is 30.0 Å². The number of hydrogen-bond donors (Lipinski definition) is 1. The van der Waals surface area contributed by atoms with Crippen LogP contribution in [0.25, 0.3) is 0 Å². The molecule has 0 aromatic heterocycles. The summed E-state index contributed by atoms with van der Waals surface area (Å²) in [6, 6.07) is 7.94. The van der Waals surface area contributed by atoms with Crippen molar-refractivity contribution < 1.29 is 4.74 Å². The molecule has 0 spiro atoms. The van der Waals surface area contributed by atoms with Gasteiger partial charge in [0.25, 0.3) is 0 Å². The molecule has 0 unspecified atom stereocenters. The highest BCUT2D eigenvalue weighted by Gasteiger charge is 2.35. The van der Waals surface area contributed by atoms with Gasteiger partial charge in [-0.25, -0.2) is 0 Å². The molecule has 0 heterocycles. The fourth-order valence-corrected chi connectivity index (χ4v) is 2.85. The quantitative estimate of drug-likeness (QED) is 0.860. The van der Waals surface area contributed by atoms with Crippen molar-refractivity contribution in [2.24, 2.45) is 0 Å². The van der Waals surface area contributed by atoms with Crippen LogP contribution in [0.3, 0.4) is 0 Å². The molecule has 0 aliphatic heterocycles. The lowest BCUT2D eigenvalue weighted by Crippen LogP contribution is -2.47. The Morgan fingerprint density at radius 2 is 1.85 bits per heavy atom. The molecular formula is C17H26ClNO. The van der Waals surface area contributed by atoms with E-state index in [9.17, 15) is 0 Å². The number of benzene rings is 1. The van der Waals surface area contributed by atoms with E-state index < -0.39 is 0 Å². The van der Waals surface area contributed by atoms with E-state index in [1.807, 2.05) is 24.3 Å². The van der Waals surface area contributed by atoms with E-state index in [-0.39, 0.29) is 11.1 Å². The predicted octanol–water partition coefficient (Wildman–Crippen LogP) is 4.56. The van der Waals surface area contributed by atoms with Crippen molar-refractivity contribution in [2.45, 2.75) is 64.2 Å². The van der Waals surface area contributed by atoms with Crippen LogP contribution in [0.15, 0.2) is 24.3 Å². The molecule has 1 aliphatic carbocycles. The Kier molecular flexibility index (Phi) is 5.11.